The maximum Gasteiger partial charge on any atom is 0.248 e. The first-order chi connectivity index (χ1) is 8.75. The predicted octanol–water partition coefficient (Wildman–Crippen LogP) is 1.49. The molecule has 1 fully saturated rings. The van der Waals surface area contributed by atoms with E-state index in [1.807, 2.05) is 23.0 Å². The normalized spacial score (nSPS) is 17.1. The number of nitrogens with two attached hydrogens (primary N) is 1. The number of hydrogen-bond acceptors (Lipinski definition) is 3. The van der Waals surface area contributed by atoms with Crippen LogP contribution in [0.1, 0.15) is 29.2 Å². The van der Waals surface area contributed by atoms with Crippen LogP contribution >= 0.6 is 0 Å². The van der Waals surface area contributed by atoms with E-state index in [4.69, 9.17) is 10.5 Å². The number of benzene rings is 1. The second-order valence-corrected chi connectivity index (χ2v) is 4.57. The maximum atomic E-state index is 11.2. The summed E-state index contributed by atoms with van der Waals surface area (Å²) in [6.45, 7) is 1.53. The van der Waals surface area contributed by atoms with E-state index < -0.39 is 5.91 Å². The summed E-state index contributed by atoms with van der Waals surface area (Å²) in [5, 5.41) is 5.46. The lowest BCUT2D eigenvalue weighted by atomic mass is 10.1. The van der Waals surface area contributed by atoms with Gasteiger partial charge < -0.3 is 10.5 Å². The molecule has 2 heterocycles. The Morgan fingerprint density at radius 2 is 2.17 bits per heavy atom. The number of hydrogen-bond donors (Lipinski definition) is 1. The van der Waals surface area contributed by atoms with Crippen LogP contribution < -0.4 is 5.73 Å². The predicted molar refractivity (Wildman–Crippen MR) is 67.3 cm³/mol. The molecule has 1 saturated heterocycles. The molecule has 0 spiro atoms. The summed E-state index contributed by atoms with van der Waals surface area (Å²) in [5.41, 5.74) is 6.81. The molecule has 1 aliphatic heterocycles. The van der Waals surface area contributed by atoms with E-state index >= 15 is 0 Å². The molecule has 3 rings (SSSR count). The highest BCUT2D eigenvalue weighted by Gasteiger charge is 2.18. The third kappa shape index (κ3) is 1.86. The monoisotopic (exact) mass is 245 g/mol. The lowest BCUT2D eigenvalue weighted by molar-refractivity contribution is 0.0674. The van der Waals surface area contributed by atoms with Crippen LogP contribution in [-0.2, 0) is 4.74 Å². The van der Waals surface area contributed by atoms with E-state index in [-0.39, 0.29) is 0 Å². The average molecular weight is 245 g/mol. The summed E-state index contributed by atoms with van der Waals surface area (Å²) in [6, 6.07) is 5.79. The van der Waals surface area contributed by atoms with Crippen molar-refractivity contribution in [2.24, 2.45) is 5.73 Å². The molecule has 0 bridgehead atoms. The highest BCUT2D eigenvalue weighted by molar-refractivity contribution is 5.96. The van der Waals surface area contributed by atoms with Gasteiger partial charge in [-0.05, 0) is 25.0 Å². The van der Waals surface area contributed by atoms with E-state index in [9.17, 15) is 4.79 Å². The first-order valence-electron chi connectivity index (χ1n) is 6.10. The van der Waals surface area contributed by atoms with Crippen LogP contribution in [0, 0.1) is 0 Å². The van der Waals surface area contributed by atoms with Crippen molar-refractivity contribution in [2.45, 2.75) is 18.9 Å². The molecule has 0 aliphatic carbocycles. The summed E-state index contributed by atoms with van der Waals surface area (Å²) < 4.78 is 7.35. The third-order valence-corrected chi connectivity index (χ3v) is 3.42. The Labute approximate surface area is 105 Å². The Balaban J connectivity index is 2.05. The van der Waals surface area contributed by atoms with Gasteiger partial charge in [-0.3, -0.25) is 9.48 Å². The Kier molecular flexibility index (Phi) is 2.76. The van der Waals surface area contributed by atoms with Gasteiger partial charge in [0, 0.05) is 24.2 Å². The Morgan fingerprint density at radius 3 is 2.89 bits per heavy atom. The van der Waals surface area contributed by atoms with Gasteiger partial charge in [-0.2, -0.15) is 5.10 Å². The van der Waals surface area contributed by atoms with E-state index in [1.54, 1.807) is 6.07 Å². The SMILES string of the molecule is NC(=O)c1ccc2cnn(C3CCOCC3)c2c1. The lowest BCUT2D eigenvalue weighted by Crippen LogP contribution is -2.20. The molecule has 2 N–H and O–H groups in total. The van der Waals surface area contributed by atoms with E-state index in [2.05, 4.69) is 5.10 Å². The minimum atomic E-state index is -0.406. The van der Waals surface area contributed by atoms with E-state index in [0.29, 0.717) is 11.6 Å². The number of aromatic nitrogens is 2. The molecule has 1 aromatic heterocycles. The zero-order valence-corrected chi connectivity index (χ0v) is 10.0. The van der Waals surface area contributed by atoms with Crippen molar-refractivity contribution in [1.29, 1.82) is 0 Å². The largest absolute Gasteiger partial charge is 0.381 e. The first kappa shape index (κ1) is 11.2. The topological polar surface area (TPSA) is 70.1 Å². The van der Waals surface area contributed by atoms with Gasteiger partial charge in [0.25, 0.3) is 0 Å². The van der Waals surface area contributed by atoms with Gasteiger partial charge in [0.2, 0.25) is 5.91 Å². The van der Waals surface area contributed by atoms with E-state index in [1.165, 1.54) is 0 Å². The number of fused-ring (bicyclic) bond motifs is 1. The third-order valence-electron chi connectivity index (χ3n) is 3.42. The Bertz CT molecular complexity index is 585. The van der Waals surface area contributed by atoms with Crippen molar-refractivity contribution >= 4 is 16.8 Å². The van der Waals surface area contributed by atoms with Gasteiger partial charge in [0.1, 0.15) is 0 Å². The van der Waals surface area contributed by atoms with Gasteiger partial charge in [0.15, 0.2) is 0 Å². The molecule has 0 unspecified atom stereocenters. The minimum absolute atomic E-state index is 0.347. The van der Waals surface area contributed by atoms with Crippen LogP contribution in [0.25, 0.3) is 10.9 Å². The minimum Gasteiger partial charge on any atom is -0.381 e. The van der Waals surface area contributed by atoms with Gasteiger partial charge in [-0.25, -0.2) is 0 Å². The number of primary amides is 1. The van der Waals surface area contributed by atoms with Crippen LogP contribution in [0.2, 0.25) is 0 Å². The second kappa shape index (κ2) is 4.42. The van der Waals surface area contributed by atoms with Gasteiger partial charge >= 0.3 is 0 Å². The maximum absolute atomic E-state index is 11.2. The number of ether oxygens (including phenoxy) is 1. The molecule has 1 amide bonds. The van der Waals surface area contributed by atoms with Crippen molar-refractivity contribution in [2.75, 3.05) is 13.2 Å². The highest BCUT2D eigenvalue weighted by Crippen LogP contribution is 2.25. The van der Waals surface area contributed by atoms with Gasteiger partial charge in [-0.15, -0.1) is 0 Å². The van der Waals surface area contributed by atoms with E-state index in [0.717, 1.165) is 37.0 Å². The first-order valence-corrected chi connectivity index (χ1v) is 6.10. The van der Waals surface area contributed by atoms with Crippen LogP contribution in [0.15, 0.2) is 24.4 Å². The standard InChI is InChI=1S/C13H15N3O2/c14-13(17)9-1-2-10-8-15-16(12(10)7-9)11-3-5-18-6-4-11/h1-2,7-8,11H,3-6H2,(H2,14,17). The molecule has 2 aromatic rings. The molecule has 18 heavy (non-hydrogen) atoms. The number of carbonyl (C=O) groups is 1. The molecule has 1 aliphatic rings. The highest BCUT2D eigenvalue weighted by atomic mass is 16.5. The Morgan fingerprint density at radius 1 is 1.39 bits per heavy atom. The molecule has 0 saturated carbocycles. The number of amides is 1. The molecule has 94 valence electrons. The Hall–Kier alpha value is -1.88. The van der Waals surface area contributed by atoms with Crippen molar-refractivity contribution < 1.29 is 9.53 Å². The van der Waals surface area contributed by atoms with Crippen LogP contribution in [0.5, 0.6) is 0 Å². The zero-order chi connectivity index (χ0) is 12.5. The molecule has 0 atom stereocenters. The fourth-order valence-corrected chi connectivity index (χ4v) is 2.41. The average Bonchev–Trinajstić information content (AvgIpc) is 2.82. The summed E-state index contributed by atoms with van der Waals surface area (Å²) in [6.07, 6.45) is 3.74. The molecule has 5 heteroatoms. The number of rotatable bonds is 2. The molecule has 1 aromatic carbocycles. The summed E-state index contributed by atoms with van der Waals surface area (Å²) in [7, 11) is 0. The number of carbonyl (C=O) groups excluding carboxylic acids is 1. The molecule has 0 radical (unpaired) electrons. The fraction of sp³-hybridized carbons (Fsp3) is 0.385. The lowest BCUT2D eigenvalue weighted by Gasteiger charge is -2.23. The molecular weight excluding hydrogens is 230 g/mol. The number of nitrogens with zero attached hydrogens (tertiary/aromatic N) is 2. The van der Waals surface area contributed by atoms with Crippen LogP contribution in [0.4, 0.5) is 0 Å². The fourth-order valence-electron chi connectivity index (χ4n) is 2.41. The van der Waals surface area contributed by atoms with Gasteiger partial charge in [-0.1, -0.05) is 6.07 Å². The summed E-state index contributed by atoms with van der Waals surface area (Å²) >= 11 is 0. The molecule has 5 nitrogen and oxygen atoms in total. The second-order valence-electron chi connectivity index (χ2n) is 4.57. The smallest absolute Gasteiger partial charge is 0.248 e. The molecular formula is C13H15N3O2. The summed E-state index contributed by atoms with van der Waals surface area (Å²) in [4.78, 5) is 11.2. The van der Waals surface area contributed by atoms with Crippen LogP contribution in [0.3, 0.4) is 0 Å². The quantitative estimate of drug-likeness (QED) is 0.871. The van der Waals surface area contributed by atoms with Gasteiger partial charge in [0.05, 0.1) is 17.8 Å². The van der Waals surface area contributed by atoms with Crippen molar-refractivity contribution in [1.82, 2.24) is 9.78 Å². The van der Waals surface area contributed by atoms with Crippen LogP contribution in [-0.4, -0.2) is 28.9 Å². The van der Waals surface area contributed by atoms with Crippen molar-refractivity contribution in [3.63, 3.8) is 0 Å². The van der Waals surface area contributed by atoms with Crippen molar-refractivity contribution in [3.05, 3.63) is 30.0 Å². The zero-order valence-electron chi connectivity index (χ0n) is 10.0. The summed E-state index contributed by atoms with van der Waals surface area (Å²) in [5.74, 6) is -0.406. The van der Waals surface area contributed by atoms with Crippen molar-refractivity contribution in [3.8, 4) is 0 Å².